The van der Waals surface area contributed by atoms with E-state index in [9.17, 15) is 5.26 Å². The van der Waals surface area contributed by atoms with Gasteiger partial charge >= 0.3 is 0 Å². The number of hydrogen-bond acceptors (Lipinski definition) is 3. The van der Waals surface area contributed by atoms with Gasteiger partial charge in [-0.25, -0.2) is 0 Å². The number of rotatable bonds is 8. The summed E-state index contributed by atoms with van der Waals surface area (Å²) in [5.41, 5.74) is 2.00. The second-order valence-electron chi connectivity index (χ2n) is 4.28. The minimum Gasteiger partial charge on any atom is -0.313 e. The van der Waals surface area contributed by atoms with Crippen molar-refractivity contribution < 1.29 is 0 Å². The van der Waals surface area contributed by atoms with Crippen molar-refractivity contribution >= 4 is 11.8 Å². The molecule has 0 aliphatic heterocycles. The van der Waals surface area contributed by atoms with E-state index in [-0.39, 0.29) is 0 Å². The minimum absolute atomic E-state index is 0.812. The van der Waals surface area contributed by atoms with E-state index < -0.39 is 0 Å². The van der Waals surface area contributed by atoms with Crippen LogP contribution in [0.2, 0.25) is 0 Å². The third kappa shape index (κ3) is 5.12. The van der Waals surface area contributed by atoms with Crippen LogP contribution < -0.4 is 5.32 Å². The van der Waals surface area contributed by atoms with Crippen LogP contribution in [-0.4, -0.2) is 12.3 Å². The summed E-state index contributed by atoms with van der Waals surface area (Å²) in [4.78, 5) is 1.12. The lowest BCUT2D eigenvalue weighted by Crippen LogP contribution is -2.11. The molecule has 0 bridgehead atoms. The first-order valence-corrected chi connectivity index (χ1v) is 7.66. The maximum absolute atomic E-state index is 9.19. The Morgan fingerprint density at radius 2 is 2.11 bits per heavy atom. The van der Waals surface area contributed by atoms with Crippen molar-refractivity contribution in [3.8, 4) is 6.07 Å². The van der Waals surface area contributed by atoms with E-state index in [1.165, 1.54) is 24.8 Å². The molecule has 0 unspecified atom stereocenters. The first kappa shape index (κ1) is 15.1. The number of benzene rings is 1. The fourth-order valence-electron chi connectivity index (χ4n) is 1.70. The van der Waals surface area contributed by atoms with Crippen LogP contribution in [0.15, 0.2) is 23.1 Å². The van der Waals surface area contributed by atoms with Crippen molar-refractivity contribution in [3.63, 3.8) is 0 Å². The van der Waals surface area contributed by atoms with Gasteiger partial charge in [0.2, 0.25) is 0 Å². The molecule has 0 fully saturated rings. The smallest absolute Gasteiger partial charge is 0.100 e. The van der Waals surface area contributed by atoms with Crippen LogP contribution in [-0.2, 0) is 6.54 Å². The fourth-order valence-corrected chi connectivity index (χ4v) is 2.70. The monoisotopic (exact) mass is 262 g/mol. The first-order chi connectivity index (χ1) is 8.81. The first-order valence-electron chi connectivity index (χ1n) is 6.68. The van der Waals surface area contributed by atoms with Crippen LogP contribution in [0.4, 0.5) is 0 Å². The summed E-state index contributed by atoms with van der Waals surface area (Å²) in [7, 11) is 0. The number of nitrogens with zero attached hydrogens (tertiary/aromatic N) is 1. The molecule has 1 N–H and O–H groups in total. The number of nitrogens with one attached hydrogen (secondary N) is 1. The van der Waals surface area contributed by atoms with Crippen LogP contribution in [0, 0.1) is 11.3 Å². The lowest BCUT2D eigenvalue weighted by Gasteiger charge is -2.07. The van der Waals surface area contributed by atoms with E-state index in [0.717, 1.165) is 29.3 Å². The van der Waals surface area contributed by atoms with E-state index in [4.69, 9.17) is 0 Å². The van der Waals surface area contributed by atoms with Crippen molar-refractivity contribution in [2.75, 3.05) is 12.3 Å². The van der Waals surface area contributed by atoms with E-state index in [2.05, 4.69) is 37.4 Å². The highest BCUT2D eigenvalue weighted by Crippen LogP contribution is 2.24. The Hall–Kier alpha value is -0.980. The summed E-state index contributed by atoms with van der Waals surface area (Å²) in [6.07, 6.45) is 3.74. The van der Waals surface area contributed by atoms with Crippen LogP contribution in [0.25, 0.3) is 0 Å². The van der Waals surface area contributed by atoms with Gasteiger partial charge in [-0.05, 0) is 36.4 Å². The predicted octanol–water partition coefficient (Wildman–Crippen LogP) is 3.95. The number of nitriles is 1. The van der Waals surface area contributed by atoms with Crippen LogP contribution in [0.3, 0.4) is 0 Å². The third-order valence-corrected chi connectivity index (χ3v) is 3.91. The zero-order chi connectivity index (χ0) is 13.2. The topological polar surface area (TPSA) is 35.8 Å². The molecule has 0 radical (unpaired) electrons. The summed E-state index contributed by atoms with van der Waals surface area (Å²) in [5.74, 6) is 1.11. The molecule has 0 saturated carbocycles. The number of thioether (sulfide) groups is 1. The molecule has 0 spiro atoms. The molecule has 98 valence electrons. The Morgan fingerprint density at radius 1 is 1.28 bits per heavy atom. The molecule has 1 aromatic carbocycles. The van der Waals surface area contributed by atoms with Gasteiger partial charge in [0, 0.05) is 11.4 Å². The summed E-state index contributed by atoms with van der Waals surface area (Å²) < 4.78 is 0. The standard InChI is InChI=1S/C15H22N2S/c1-3-5-6-9-18-15-8-7-13(12-17-4-2)10-14(15)11-16/h7-8,10,17H,3-6,9,12H2,1-2H3. The summed E-state index contributed by atoms with van der Waals surface area (Å²) in [6, 6.07) is 8.51. The number of unbranched alkanes of at least 4 members (excludes halogenated alkanes) is 2. The second-order valence-corrected chi connectivity index (χ2v) is 5.41. The maximum Gasteiger partial charge on any atom is 0.100 e. The molecule has 18 heavy (non-hydrogen) atoms. The quantitative estimate of drug-likeness (QED) is 0.569. The second kappa shape index (κ2) is 9.02. The highest BCUT2D eigenvalue weighted by atomic mass is 32.2. The lowest BCUT2D eigenvalue weighted by molar-refractivity contribution is 0.726. The van der Waals surface area contributed by atoms with E-state index in [0.29, 0.717) is 0 Å². The Kier molecular flexibility index (Phi) is 7.55. The maximum atomic E-state index is 9.19. The summed E-state index contributed by atoms with van der Waals surface area (Å²) >= 11 is 1.80. The molecular formula is C15H22N2S. The van der Waals surface area contributed by atoms with Gasteiger partial charge in [-0.15, -0.1) is 11.8 Å². The van der Waals surface area contributed by atoms with Gasteiger partial charge in [-0.2, -0.15) is 5.26 Å². The molecule has 1 rings (SSSR count). The molecule has 1 aromatic rings. The molecule has 0 heterocycles. The minimum atomic E-state index is 0.812. The molecule has 3 heteroatoms. The Balaban J connectivity index is 2.60. The molecule has 0 aliphatic rings. The van der Waals surface area contributed by atoms with E-state index in [1.807, 2.05) is 6.07 Å². The normalized spacial score (nSPS) is 10.3. The molecule has 0 saturated heterocycles. The molecular weight excluding hydrogens is 240 g/mol. The Bertz CT molecular complexity index is 396. The van der Waals surface area contributed by atoms with E-state index >= 15 is 0 Å². The molecule has 0 aliphatic carbocycles. The zero-order valence-corrected chi connectivity index (χ0v) is 12.1. The number of hydrogen-bond donors (Lipinski definition) is 1. The highest BCUT2D eigenvalue weighted by Gasteiger charge is 2.04. The average molecular weight is 262 g/mol. The van der Waals surface area contributed by atoms with Gasteiger partial charge in [-0.1, -0.05) is 32.8 Å². The summed E-state index contributed by atoms with van der Waals surface area (Å²) in [6.45, 7) is 6.09. The van der Waals surface area contributed by atoms with Crippen molar-refractivity contribution in [2.45, 2.75) is 44.6 Å². The SMILES string of the molecule is CCCCCSc1ccc(CNCC)cc1C#N. The van der Waals surface area contributed by atoms with Gasteiger partial charge in [0.1, 0.15) is 6.07 Å². The van der Waals surface area contributed by atoms with Crippen molar-refractivity contribution in [1.82, 2.24) is 5.32 Å². The zero-order valence-electron chi connectivity index (χ0n) is 11.3. The predicted molar refractivity (Wildman–Crippen MR) is 78.8 cm³/mol. The fraction of sp³-hybridized carbons (Fsp3) is 0.533. The van der Waals surface area contributed by atoms with Crippen LogP contribution >= 0.6 is 11.8 Å². The molecule has 2 nitrogen and oxygen atoms in total. The van der Waals surface area contributed by atoms with Gasteiger partial charge in [0.25, 0.3) is 0 Å². The van der Waals surface area contributed by atoms with Gasteiger partial charge in [0.05, 0.1) is 5.56 Å². The van der Waals surface area contributed by atoms with E-state index in [1.54, 1.807) is 11.8 Å². The summed E-state index contributed by atoms with van der Waals surface area (Å²) in [5, 5.41) is 12.5. The average Bonchev–Trinajstić information content (AvgIpc) is 2.42. The van der Waals surface area contributed by atoms with Gasteiger partial charge in [0.15, 0.2) is 0 Å². The van der Waals surface area contributed by atoms with Crippen LogP contribution in [0.1, 0.15) is 44.2 Å². The third-order valence-electron chi connectivity index (χ3n) is 2.75. The molecule has 0 aromatic heterocycles. The van der Waals surface area contributed by atoms with Crippen molar-refractivity contribution in [1.29, 1.82) is 5.26 Å². The lowest BCUT2D eigenvalue weighted by atomic mass is 10.1. The molecule has 0 atom stereocenters. The Labute approximate surface area is 115 Å². The Morgan fingerprint density at radius 3 is 2.78 bits per heavy atom. The van der Waals surface area contributed by atoms with Crippen molar-refractivity contribution in [3.05, 3.63) is 29.3 Å². The largest absolute Gasteiger partial charge is 0.313 e. The van der Waals surface area contributed by atoms with Gasteiger partial charge in [-0.3, -0.25) is 0 Å². The van der Waals surface area contributed by atoms with Gasteiger partial charge < -0.3 is 5.32 Å². The highest BCUT2D eigenvalue weighted by molar-refractivity contribution is 7.99. The molecule has 0 amide bonds. The van der Waals surface area contributed by atoms with Crippen molar-refractivity contribution in [2.24, 2.45) is 0 Å². The van der Waals surface area contributed by atoms with Crippen LogP contribution in [0.5, 0.6) is 0 Å².